The molecular weight excluding hydrogens is 423 g/mol. The van der Waals surface area contributed by atoms with Crippen LogP contribution in [0.25, 0.3) is 0 Å². The number of rotatable bonds is 8. The predicted molar refractivity (Wildman–Crippen MR) is 112 cm³/mol. The summed E-state index contributed by atoms with van der Waals surface area (Å²) in [5.74, 6) is -0.245. The van der Waals surface area contributed by atoms with Gasteiger partial charge in [-0.05, 0) is 49.7 Å². The molecule has 1 unspecified atom stereocenters. The molecule has 0 saturated heterocycles. The maximum Gasteiger partial charge on any atom is 0.261 e. The van der Waals surface area contributed by atoms with Gasteiger partial charge >= 0.3 is 0 Å². The van der Waals surface area contributed by atoms with Crippen molar-refractivity contribution >= 4 is 46.6 Å². The fourth-order valence-electron chi connectivity index (χ4n) is 2.51. The lowest BCUT2D eigenvalue weighted by molar-refractivity contribution is -0.142. The smallest absolute Gasteiger partial charge is 0.261 e. The number of nitrogens with zero attached hydrogens (tertiary/aromatic N) is 1. The molecule has 0 fully saturated rings. The average Bonchev–Trinajstić information content (AvgIpc) is 2.66. The Morgan fingerprint density at radius 1 is 1.07 bits per heavy atom. The van der Waals surface area contributed by atoms with Crippen LogP contribution in [0.2, 0.25) is 15.1 Å². The molecule has 0 aromatic heterocycles. The highest BCUT2D eigenvalue weighted by molar-refractivity contribution is 6.35. The van der Waals surface area contributed by atoms with Crippen molar-refractivity contribution in [2.45, 2.75) is 26.4 Å². The number of hydrogen-bond donors (Lipinski definition) is 1. The normalized spacial score (nSPS) is 11.6. The van der Waals surface area contributed by atoms with Crippen molar-refractivity contribution in [1.82, 2.24) is 10.2 Å². The zero-order chi connectivity index (χ0) is 20.7. The van der Waals surface area contributed by atoms with E-state index >= 15 is 0 Å². The number of nitrogens with one attached hydrogen (secondary N) is 1. The summed E-state index contributed by atoms with van der Waals surface area (Å²) < 4.78 is 5.55. The van der Waals surface area contributed by atoms with E-state index in [1.807, 2.05) is 19.1 Å². The van der Waals surface area contributed by atoms with Gasteiger partial charge in [-0.2, -0.15) is 0 Å². The first-order chi connectivity index (χ1) is 13.3. The van der Waals surface area contributed by atoms with Crippen LogP contribution in [0, 0.1) is 0 Å². The van der Waals surface area contributed by atoms with Gasteiger partial charge in [-0.3, -0.25) is 9.59 Å². The lowest BCUT2D eigenvalue weighted by Crippen LogP contribution is -2.49. The zero-order valence-electron chi connectivity index (χ0n) is 15.5. The van der Waals surface area contributed by atoms with E-state index in [4.69, 9.17) is 39.5 Å². The second-order valence-electron chi connectivity index (χ2n) is 6.08. The molecule has 8 heteroatoms. The molecule has 1 atom stereocenters. The Morgan fingerprint density at radius 2 is 1.71 bits per heavy atom. The molecule has 2 aromatic carbocycles. The first-order valence-electron chi connectivity index (χ1n) is 8.71. The van der Waals surface area contributed by atoms with Crippen LogP contribution in [-0.2, 0) is 16.1 Å². The minimum Gasteiger partial charge on any atom is -0.482 e. The minimum absolute atomic E-state index is 0.241. The van der Waals surface area contributed by atoms with Gasteiger partial charge in [0.25, 0.3) is 5.91 Å². The number of halogens is 3. The number of carbonyl (C=O) groups is 2. The van der Waals surface area contributed by atoms with Crippen molar-refractivity contribution in [3.63, 3.8) is 0 Å². The Hall–Kier alpha value is -1.95. The number of hydrogen-bond acceptors (Lipinski definition) is 3. The fourth-order valence-corrected chi connectivity index (χ4v) is 3.09. The quantitative estimate of drug-likeness (QED) is 0.650. The molecule has 0 aliphatic rings. The standard InChI is InChI=1S/C20H21Cl3N2O3/c1-3-24-20(27)13(2)25(11-14-4-6-15(21)7-5-14)19(26)12-28-18-9-8-16(22)10-17(18)23/h4-10,13H,3,11-12H2,1-2H3,(H,24,27). The molecule has 0 spiro atoms. The Balaban J connectivity index is 2.15. The molecule has 0 aliphatic carbocycles. The molecule has 0 bridgehead atoms. The molecular formula is C20H21Cl3N2O3. The van der Waals surface area contributed by atoms with E-state index in [2.05, 4.69) is 5.32 Å². The number of ether oxygens (including phenoxy) is 1. The van der Waals surface area contributed by atoms with Crippen LogP contribution in [0.3, 0.4) is 0 Å². The fraction of sp³-hybridized carbons (Fsp3) is 0.300. The summed E-state index contributed by atoms with van der Waals surface area (Å²) >= 11 is 17.9. The number of amides is 2. The van der Waals surface area contributed by atoms with Crippen LogP contribution in [0.1, 0.15) is 19.4 Å². The topological polar surface area (TPSA) is 58.6 Å². The predicted octanol–water partition coefficient (Wildman–Crippen LogP) is 4.58. The van der Waals surface area contributed by atoms with E-state index in [9.17, 15) is 9.59 Å². The molecule has 0 saturated carbocycles. The SMILES string of the molecule is CCNC(=O)C(C)N(Cc1ccc(Cl)cc1)C(=O)COc1ccc(Cl)cc1Cl. The maximum absolute atomic E-state index is 12.8. The average molecular weight is 444 g/mol. The Morgan fingerprint density at radius 3 is 2.32 bits per heavy atom. The highest BCUT2D eigenvalue weighted by atomic mass is 35.5. The first-order valence-corrected chi connectivity index (χ1v) is 9.84. The minimum atomic E-state index is -0.674. The summed E-state index contributed by atoms with van der Waals surface area (Å²) in [7, 11) is 0. The molecule has 150 valence electrons. The van der Waals surface area contributed by atoms with Crippen molar-refractivity contribution in [3.05, 3.63) is 63.1 Å². The van der Waals surface area contributed by atoms with Gasteiger partial charge in [-0.1, -0.05) is 46.9 Å². The molecule has 5 nitrogen and oxygen atoms in total. The third kappa shape index (κ3) is 6.30. The van der Waals surface area contributed by atoms with Gasteiger partial charge in [0.15, 0.2) is 6.61 Å². The van der Waals surface area contributed by atoms with Gasteiger partial charge < -0.3 is 15.0 Å². The van der Waals surface area contributed by atoms with E-state index in [0.717, 1.165) is 5.56 Å². The molecule has 2 rings (SSSR count). The Kier molecular flexibility index (Phi) is 8.42. The van der Waals surface area contributed by atoms with Crippen molar-refractivity contribution in [3.8, 4) is 5.75 Å². The van der Waals surface area contributed by atoms with E-state index in [-0.39, 0.29) is 25.0 Å². The van der Waals surface area contributed by atoms with Crippen LogP contribution in [-0.4, -0.2) is 35.9 Å². The highest BCUT2D eigenvalue weighted by Gasteiger charge is 2.26. The van der Waals surface area contributed by atoms with E-state index in [0.29, 0.717) is 27.4 Å². The van der Waals surface area contributed by atoms with Crippen LogP contribution in [0.5, 0.6) is 5.75 Å². The number of carbonyl (C=O) groups excluding carboxylic acids is 2. The summed E-state index contributed by atoms with van der Waals surface area (Å²) in [4.78, 5) is 26.6. The summed E-state index contributed by atoms with van der Waals surface area (Å²) in [6.07, 6.45) is 0. The Labute approximate surface area is 179 Å². The molecule has 0 radical (unpaired) electrons. The molecule has 0 aliphatic heterocycles. The van der Waals surface area contributed by atoms with Gasteiger partial charge in [0.2, 0.25) is 5.91 Å². The van der Waals surface area contributed by atoms with E-state index in [1.54, 1.807) is 31.2 Å². The second kappa shape index (κ2) is 10.6. The first kappa shape index (κ1) is 22.3. The lowest BCUT2D eigenvalue weighted by atomic mass is 10.1. The molecule has 1 N–H and O–H groups in total. The van der Waals surface area contributed by atoms with E-state index in [1.165, 1.54) is 11.0 Å². The van der Waals surface area contributed by atoms with Gasteiger partial charge in [-0.25, -0.2) is 0 Å². The zero-order valence-corrected chi connectivity index (χ0v) is 17.8. The third-order valence-electron chi connectivity index (χ3n) is 4.03. The Bertz CT molecular complexity index is 828. The summed E-state index contributed by atoms with van der Waals surface area (Å²) in [6, 6.07) is 11.2. The molecule has 0 heterocycles. The van der Waals surface area contributed by atoms with Gasteiger partial charge in [0.05, 0.1) is 5.02 Å². The molecule has 2 amide bonds. The van der Waals surface area contributed by atoms with E-state index < -0.39 is 6.04 Å². The van der Waals surface area contributed by atoms with Crippen molar-refractivity contribution in [2.24, 2.45) is 0 Å². The van der Waals surface area contributed by atoms with Crippen molar-refractivity contribution in [2.75, 3.05) is 13.2 Å². The van der Waals surface area contributed by atoms with Crippen molar-refractivity contribution in [1.29, 1.82) is 0 Å². The third-order valence-corrected chi connectivity index (χ3v) is 4.81. The van der Waals surface area contributed by atoms with Crippen LogP contribution in [0.15, 0.2) is 42.5 Å². The highest BCUT2D eigenvalue weighted by Crippen LogP contribution is 2.27. The second-order valence-corrected chi connectivity index (χ2v) is 7.36. The largest absolute Gasteiger partial charge is 0.482 e. The lowest BCUT2D eigenvalue weighted by Gasteiger charge is -2.28. The van der Waals surface area contributed by atoms with Crippen LogP contribution in [0.4, 0.5) is 0 Å². The van der Waals surface area contributed by atoms with Gasteiger partial charge in [-0.15, -0.1) is 0 Å². The van der Waals surface area contributed by atoms with Crippen LogP contribution >= 0.6 is 34.8 Å². The monoisotopic (exact) mass is 442 g/mol. The number of benzene rings is 2. The van der Waals surface area contributed by atoms with Gasteiger partial charge in [0.1, 0.15) is 11.8 Å². The molecule has 2 aromatic rings. The summed E-state index contributed by atoms with van der Waals surface area (Å²) in [6.45, 7) is 3.95. The number of likely N-dealkylation sites (N-methyl/N-ethyl adjacent to an activating group) is 1. The molecule has 28 heavy (non-hydrogen) atoms. The summed E-state index contributed by atoms with van der Waals surface area (Å²) in [5.41, 5.74) is 0.846. The summed E-state index contributed by atoms with van der Waals surface area (Å²) in [5, 5.41) is 4.11. The van der Waals surface area contributed by atoms with Crippen LogP contribution < -0.4 is 10.1 Å². The van der Waals surface area contributed by atoms with Gasteiger partial charge in [0, 0.05) is 23.1 Å². The maximum atomic E-state index is 12.8. The van der Waals surface area contributed by atoms with Crippen molar-refractivity contribution < 1.29 is 14.3 Å².